The lowest BCUT2D eigenvalue weighted by Gasteiger charge is -2.38. The molecule has 136 valence electrons. The average molecular weight is 342 g/mol. The third kappa shape index (κ3) is 4.60. The number of aliphatic imine (C=N–C) groups is 1. The Balaban J connectivity index is 1.64. The molecule has 0 spiro atoms. The van der Waals surface area contributed by atoms with Gasteiger partial charge in [-0.25, -0.2) is 0 Å². The van der Waals surface area contributed by atoms with Crippen molar-refractivity contribution in [2.75, 3.05) is 0 Å². The van der Waals surface area contributed by atoms with Crippen LogP contribution < -0.4 is 10.9 Å². The average Bonchev–Trinajstić information content (AvgIpc) is 2.81. The van der Waals surface area contributed by atoms with Crippen molar-refractivity contribution in [2.24, 2.45) is 10.9 Å². The van der Waals surface area contributed by atoms with Gasteiger partial charge >= 0.3 is 0 Å². The summed E-state index contributed by atoms with van der Waals surface area (Å²) in [4.78, 5) is 18.8. The molecule has 0 radical (unpaired) electrons. The smallest absolute Gasteiger partial charge is 0.235 e. The molecule has 2 saturated heterocycles. The van der Waals surface area contributed by atoms with Crippen LogP contribution in [0.2, 0.25) is 0 Å². The van der Waals surface area contributed by atoms with E-state index in [0.29, 0.717) is 18.1 Å². The molecule has 2 aliphatic rings. The van der Waals surface area contributed by atoms with Crippen LogP contribution in [-0.2, 0) is 11.3 Å². The van der Waals surface area contributed by atoms with Gasteiger partial charge in [0.05, 0.1) is 6.04 Å². The summed E-state index contributed by atoms with van der Waals surface area (Å²) in [7, 11) is 0. The van der Waals surface area contributed by atoms with Gasteiger partial charge in [0, 0.05) is 31.5 Å². The highest BCUT2D eigenvalue weighted by atomic mass is 16.2. The first kappa shape index (κ1) is 17.9. The van der Waals surface area contributed by atoms with E-state index in [1.54, 1.807) is 0 Å². The molecule has 0 aliphatic carbocycles. The largest absolute Gasteiger partial charge is 0.293 e. The van der Waals surface area contributed by atoms with Crippen molar-refractivity contribution in [1.29, 1.82) is 0 Å². The van der Waals surface area contributed by atoms with E-state index in [9.17, 15) is 4.79 Å². The molecule has 2 bridgehead atoms. The number of hydrazine groups is 1. The Bertz CT molecular complexity index is 599. The van der Waals surface area contributed by atoms with E-state index in [1.165, 1.54) is 25.3 Å². The maximum atomic E-state index is 11.2. The maximum Gasteiger partial charge on any atom is 0.235 e. The van der Waals surface area contributed by atoms with Crippen LogP contribution >= 0.6 is 0 Å². The number of benzene rings is 1. The van der Waals surface area contributed by atoms with Crippen molar-refractivity contribution in [1.82, 2.24) is 15.8 Å². The van der Waals surface area contributed by atoms with E-state index < -0.39 is 0 Å². The lowest BCUT2D eigenvalue weighted by molar-refractivity contribution is -0.119. The van der Waals surface area contributed by atoms with Crippen molar-refractivity contribution in [3.8, 4) is 0 Å². The normalized spacial score (nSPS) is 26.7. The van der Waals surface area contributed by atoms with Gasteiger partial charge in [0.15, 0.2) is 0 Å². The van der Waals surface area contributed by atoms with Gasteiger partial charge in [-0.2, -0.15) is 0 Å². The molecule has 3 rings (SSSR count). The van der Waals surface area contributed by atoms with Crippen LogP contribution in [0.3, 0.4) is 0 Å². The molecule has 1 amide bonds. The molecule has 2 heterocycles. The molecular formula is C20H30N4O. The Kier molecular flexibility index (Phi) is 5.74. The van der Waals surface area contributed by atoms with Crippen molar-refractivity contribution in [3.63, 3.8) is 0 Å². The van der Waals surface area contributed by atoms with Gasteiger partial charge < -0.3 is 0 Å². The van der Waals surface area contributed by atoms with Crippen LogP contribution in [0, 0.1) is 5.92 Å². The summed E-state index contributed by atoms with van der Waals surface area (Å²) in [6.07, 6.45) is 4.78. The van der Waals surface area contributed by atoms with E-state index in [2.05, 4.69) is 59.9 Å². The zero-order valence-corrected chi connectivity index (χ0v) is 15.5. The minimum absolute atomic E-state index is 0.0916. The molecule has 2 atom stereocenters. The van der Waals surface area contributed by atoms with Gasteiger partial charge in [0.2, 0.25) is 5.91 Å². The van der Waals surface area contributed by atoms with Crippen LogP contribution in [0.4, 0.5) is 0 Å². The zero-order chi connectivity index (χ0) is 17.8. The number of nitrogens with one attached hydrogen (secondary N) is 2. The van der Waals surface area contributed by atoms with Gasteiger partial charge in [-0.05, 0) is 31.2 Å². The van der Waals surface area contributed by atoms with Gasteiger partial charge in [-0.15, -0.1) is 0 Å². The molecule has 0 saturated carbocycles. The third-order valence-corrected chi connectivity index (χ3v) is 5.30. The predicted octanol–water partition coefficient (Wildman–Crippen LogP) is 2.88. The molecule has 0 aromatic heterocycles. The molecule has 5 heteroatoms. The number of fused-ring (bicyclic) bond motifs is 2. The first-order chi connectivity index (χ1) is 12.0. The molecule has 2 fully saturated rings. The van der Waals surface area contributed by atoms with Crippen LogP contribution in [0.15, 0.2) is 35.3 Å². The molecule has 2 aliphatic heterocycles. The van der Waals surface area contributed by atoms with Gasteiger partial charge in [0.25, 0.3) is 0 Å². The molecular weight excluding hydrogens is 312 g/mol. The predicted molar refractivity (Wildman–Crippen MR) is 101 cm³/mol. The van der Waals surface area contributed by atoms with E-state index >= 15 is 0 Å². The van der Waals surface area contributed by atoms with Gasteiger partial charge in [-0.3, -0.25) is 25.5 Å². The van der Waals surface area contributed by atoms with Crippen molar-refractivity contribution in [3.05, 3.63) is 35.9 Å². The van der Waals surface area contributed by atoms with E-state index in [0.717, 1.165) is 25.2 Å². The highest BCUT2D eigenvalue weighted by Crippen LogP contribution is 2.38. The number of rotatable bonds is 4. The fourth-order valence-electron chi connectivity index (χ4n) is 4.08. The first-order valence-electron chi connectivity index (χ1n) is 9.43. The minimum Gasteiger partial charge on any atom is -0.293 e. The second kappa shape index (κ2) is 8.00. The van der Waals surface area contributed by atoms with Gasteiger partial charge in [0.1, 0.15) is 5.84 Å². The number of carbonyl (C=O) groups excluding carboxylic acids is 1. The van der Waals surface area contributed by atoms with Gasteiger partial charge in [-0.1, -0.05) is 44.2 Å². The van der Waals surface area contributed by atoms with Crippen molar-refractivity contribution >= 4 is 11.7 Å². The monoisotopic (exact) mass is 342 g/mol. The summed E-state index contributed by atoms with van der Waals surface area (Å²) in [6.45, 7) is 6.76. The molecule has 2 unspecified atom stereocenters. The maximum absolute atomic E-state index is 11.2. The lowest BCUT2D eigenvalue weighted by atomic mass is 9.96. The van der Waals surface area contributed by atoms with Crippen molar-refractivity contribution < 1.29 is 4.79 Å². The third-order valence-electron chi connectivity index (χ3n) is 5.30. The summed E-state index contributed by atoms with van der Waals surface area (Å²) in [6, 6.07) is 12.4. The highest BCUT2D eigenvalue weighted by molar-refractivity contribution is 5.86. The lowest BCUT2D eigenvalue weighted by Crippen LogP contribution is -2.46. The number of amidine groups is 1. The number of hydrogen-bond acceptors (Lipinski definition) is 3. The van der Waals surface area contributed by atoms with E-state index in [-0.39, 0.29) is 11.8 Å². The SMILES string of the molecule is CC(=O)NNC(=NC1CC2CCC(C1)N2Cc1ccccc1)C(C)C. The number of amides is 1. The summed E-state index contributed by atoms with van der Waals surface area (Å²) < 4.78 is 0. The Morgan fingerprint density at radius 1 is 1.16 bits per heavy atom. The summed E-state index contributed by atoms with van der Waals surface area (Å²) in [5, 5.41) is 0. The topological polar surface area (TPSA) is 56.7 Å². The summed E-state index contributed by atoms with van der Waals surface area (Å²) in [5.74, 6) is 1.06. The Morgan fingerprint density at radius 3 is 2.36 bits per heavy atom. The highest BCUT2D eigenvalue weighted by Gasteiger charge is 2.40. The van der Waals surface area contributed by atoms with Crippen LogP contribution in [0.25, 0.3) is 0 Å². The Morgan fingerprint density at radius 2 is 1.80 bits per heavy atom. The Hall–Kier alpha value is -1.88. The molecule has 5 nitrogen and oxygen atoms in total. The number of hydrogen-bond donors (Lipinski definition) is 2. The van der Waals surface area contributed by atoms with Crippen molar-refractivity contribution in [2.45, 2.75) is 71.1 Å². The minimum atomic E-state index is -0.0916. The number of nitrogens with zero attached hydrogens (tertiary/aromatic N) is 2. The zero-order valence-electron chi connectivity index (χ0n) is 15.5. The Labute approximate surface area is 150 Å². The fraction of sp³-hybridized carbons (Fsp3) is 0.600. The molecule has 25 heavy (non-hydrogen) atoms. The molecule has 1 aromatic carbocycles. The fourth-order valence-corrected chi connectivity index (χ4v) is 4.08. The van der Waals surface area contributed by atoms with Crippen LogP contribution in [0.1, 0.15) is 52.0 Å². The second-order valence-electron chi connectivity index (χ2n) is 7.64. The number of carbonyl (C=O) groups is 1. The molecule has 1 aromatic rings. The standard InChI is InChI=1S/C20H30N4O/c1-14(2)20(23-22-15(3)25)21-17-11-18-9-10-19(12-17)24(18)13-16-7-5-4-6-8-16/h4-8,14,17-19H,9-13H2,1-3H3,(H,21,23)(H,22,25). The van der Waals surface area contributed by atoms with Crippen LogP contribution in [-0.4, -0.2) is 34.8 Å². The number of piperidine rings is 1. The van der Waals surface area contributed by atoms with Crippen LogP contribution in [0.5, 0.6) is 0 Å². The van der Waals surface area contributed by atoms with E-state index in [1.807, 2.05) is 0 Å². The summed E-state index contributed by atoms with van der Waals surface area (Å²) in [5.41, 5.74) is 7.07. The van der Waals surface area contributed by atoms with E-state index in [4.69, 9.17) is 4.99 Å². The quantitative estimate of drug-likeness (QED) is 0.502. The summed E-state index contributed by atoms with van der Waals surface area (Å²) >= 11 is 0. The first-order valence-corrected chi connectivity index (χ1v) is 9.43. The second-order valence-corrected chi connectivity index (χ2v) is 7.64. The molecule has 2 N–H and O–H groups in total.